The topological polar surface area (TPSA) is 12.9 Å². The van der Waals surface area contributed by atoms with Crippen LogP contribution in [0.15, 0.2) is 12.1 Å². The van der Waals surface area contributed by atoms with Crippen LogP contribution in [-0.4, -0.2) is 4.98 Å². The predicted molar refractivity (Wildman–Crippen MR) is 36.9 cm³/mol. The number of aromatic nitrogens is 1. The number of halogens is 1. The van der Waals surface area contributed by atoms with Crippen LogP contribution in [-0.2, 0) is 0 Å². The summed E-state index contributed by atoms with van der Waals surface area (Å²) in [5.74, 6) is 1.62. The third kappa shape index (κ3) is 1.14. The molecule has 0 aliphatic rings. The minimum Gasteiger partial charge on any atom is -0.224 e. The first-order valence-corrected chi connectivity index (χ1v) is 2.84. The molecule has 0 unspecified atom stereocenters. The predicted octanol–water partition coefficient (Wildman–Crippen LogP) is 1.51. The van der Waals surface area contributed by atoms with E-state index in [-0.39, 0.29) is 5.56 Å². The van der Waals surface area contributed by atoms with Gasteiger partial charge < -0.3 is 0 Å². The molecule has 0 bridgehead atoms. The lowest BCUT2D eigenvalue weighted by Crippen LogP contribution is -1.90. The third-order valence-corrected chi connectivity index (χ3v) is 1.14. The van der Waals surface area contributed by atoms with Gasteiger partial charge in [0.1, 0.15) is 0 Å². The van der Waals surface area contributed by atoms with E-state index in [1.165, 1.54) is 6.07 Å². The van der Waals surface area contributed by atoms with Gasteiger partial charge in [0.25, 0.3) is 0 Å². The van der Waals surface area contributed by atoms with Gasteiger partial charge in [0, 0.05) is 5.69 Å². The summed E-state index contributed by atoms with van der Waals surface area (Å²) < 4.78 is 12.6. The molecule has 0 fully saturated rings. The number of nitrogens with zero attached hydrogens (tertiary/aromatic N) is 1. The van der Waals surface area contributed by atoms with Crippen molar-refractivity contribution < 1.29 is 4.39 Å². The zero-order chi connectivity index (χ0) is 7.56. The van der Waals surface area contributed by atoms with Crippen molar-refractivity contribution in [3.8, 4) is 12.3 Å². The quantitative estimate of drug-likeness (QED) is 0.388. The lowest BCUT2D eigenvalue weighted by molar-refractivity contribution is 0.576. The smallest absolute Gasteiger partial charge is 0.224 e. The summed E-state index contributed by atoms with van der Waals surface area (Å²) in [6, 6.07) is 3.22. The molecule has 0 aromatic carbocycles. The first-order valence-electron chi connectivity index (χ1n) is 2.84. The Morgan fingerprint density at radius 1 is 1.60 bits per heavy atom. The number of terminal acetylenes is 1. The van der Waals surface area contributed by atoms with Crippen LogP contribution < -0.4 is 0 Å². The first-order chi connectivity index (χ1) is 4.74. The van der Waals surface area contributed by atoms with E-state index in [4.69, 9.17) is 6.42 Å². The van der Waals surface area contributed by atoms with Crippen LogP contribution in [0.1, 0.15) is 11.3 Å². The highest BCUT2D eigenvalue weighted by Gasteiger charge is 1.97. The third-order valence-electron chi connectivity index (χ3n) is 1.14. The van der Waals surface area contributed by atoms with E-state index in [0.29, 0.717) is 5.69 Å². The standard InChI is InChI=1S/C8H6FN/c1-3-7-5-4-6(2)10-8(7)9/h1,4-5H,2H3. The summed E-state index contributed by atoms with van der Waals surface area (Å²) in [5.41, 5.74) is 0.849. The highest BCUT2D eigenvalue weighted by atomic mass is 19.1. The van der Waals surface area contributed by atoms with Crippen LogP contribution in [0.5, 0.6) is 0 Å². The monoisotopic (exact) mass is 135 g/mol. The van der Waals surface area contributed by atoms with Crippen molar-refractivity contribution in [2.24, 2.45) is 0 Å². The maximum absolute atomic E-state index is 12.6. The largest absolute Gasteiger partial charge is 0.228 e. The van der Waals surface area contributed by atoms with Crippen LogP contribution in [0, 0.1) is 25.2 Å². The van der Waals surface area contributed by atoms with Crippen molar-refractivity contribution >= 4 is 0 Å². The van der Waals surface area contributed by atoms with Crippen LogP contribution >= 0.6 is 0 Å². The van der Waals surface area contributed by atoms with Crippen LogP contribution in [0.2, 0.25) is 0 Å². The number of rotatable bonds is 0. The Balaban J connectivity index is 3.23. The molecule has 0 saturated carbocycles. The Labute approximate surface area is 58.9 Å². The Morgan fingerprint density at radius 3 is 2.80 bits per heavy atom. The molecule has 0 amide bonds. The summed E-state index contributed by atoms with van der Waals surface area (Å²) in [7, 11) is 0. The van der Waals surface area contributed by atoms with Gasteiger partial charge >= 0.3 is 0 Å². The molecule has 0 saturated heterocycles. The van der Waals surface area contributed by atoms with E-state index in [0.717, 1.165) is 0 Å². The fourth-order valence-corrected chi connectivity index (χ4v) is 0.633. The van der Waals surface area contributed by atoms with Crippen molar-refractivity contribution in [2.75, 3.05) is 0 Å². The number of hydrogen-bond donors (Lipinski definition) is 0. The fourth-order valence-electron chi connectivity index (χ4n) is 0.633. The van der Waals surface area contributed by atoms with Gasteiger partial charge in [-0.1, -0.05) is 5.92 Å². The van der Waals surface area contributed by atoms with Crippen molar-refractivity contribution in [1.29, 1.82) is 0 Å². The zero-order valence-corrected chi connectivity index (χ0v) is 5.56. The molecule has 0 N–H and O–H groups in total. The second-order valence-corrected chi connectivity index (χ2v) is 1.94. The van der Waals surface area contributed by atoms with E-state index in [1.54, 1.807) is 13.0 Å². The highest BCUT2D eigenvalue weighted by Crippen LogP contribution is 2.02. The maximum atomic E-state index is 12.6. The molecule has 50 valence electrons. The second kappa shape index (κ2) is 2.49. The van der Waals surface area contributed by atoms with Crippen LogP contribution in [0.25, 0.3) is 0 Å². The van der Waals surface area contributed by atoms with E-state index in [1.807, 2.05) is 0 Å². The molecule has 0 radical (unpaired) electrons. The molecule has 0 spiro atoms. The van der Waals surface area contributed by atoms with Gasteiger partial charge in [0.2, 0.25) is 5.95 Å². The van der Waals surface area contributed by atoms with Gasteiger partial charge in [0.05, 0.1) is 5.56 Å². The number of aryl methyl sites for hydroxylation is 1. The Hall–Kier alpha value is -1.36. The van der Waals surface area contributed by atoms with E-state index in [9.17, 15) is 4.39 Å². The minimum atomic E-state index is -0.567. The highest BCUT2D eigenvalue weighted by molar-refractivity contribution is 5.30. The average Bonchev–Trinajstić information content (AvgIpc) is 1.88. The van der Waals surface area contributed by atoms with Gasteiger partial charge in [-0.2, -0.15) is 4.39 Å². The molecular weight excluding hydrogens is 129 g/mol. The van der Waals surface area contributed by atoms with Gasteiger partial charge in [-0.3, -0.25) is 0 Å². The number of hydrogen-bond acceptors (Lipinski definition) is 1. The van der Waals surface area contributed by atoms with Gasteiger partial charge in [-0.25, -0.2) is 4.98 Å². The van der Waals surface area contributed by atoms with Crippen LogP contribution in [0.3, 0.4) is 0 Å². The van der Waals surface area contributed by atoms with E-state index < -0.39 is 5.95 Å². The summed E-state index contributed by atoms with van der Waals surface area (Å²) in [6.07, 6.45) is 4.97. The molecule has 1 heterocycles. The zero-order valence-electron chi connectivity index (χ0n) is 5.56. The Bertz CT molecular complexity index is 286. The number of pyridine rings is 1. The van der Waals surface area contributed by atoms with Gasteiger partial charge in [-0.15, -0.1) is 6.42 Å². The van der Waals surface area contributed by atoms with Gasteiger partial charge in [-0.05, 0) is 19.1 Å². The van der Waals surface area contributed by atoms with Crippen molar-refractivity contribution in [1.82, 2.24) is 4.98 Å². The second-order valence-electron chi connectivity index (χ2n) is 1.94. The molecule has 1 nitrogen and oxygen atoms in total. The SMILES string of the molecule is C#Cc1ccc(C)nc1F. The van der Waals surface area contributed by atoms with Gasteiger partial charge in [0.15, 0.2) is 0 Å². The molecule has 10 heavy (non-hydrogen) atoms. The molecule has 2 heteroatoms. The fraction of sp³-hybridized carbons (Fsp3) is 0.125. The Kier molecular flexibility index (Phi) is 1.68. The van der Waals surface area contributed by atoms with Crippen LogP contribution in [0.4, 0.5) is 4.39 Å². The summed E-state index contributed by atoms with van der Waals surface area (Å²) in [4.78, 5) is 3.54. The molecule has 1 aromatic heterocycles. The molecule has 0 atom stereocenters. The van der Waals surface area contributed by atoms with Crippen molar-refractivity contribution in [3.63, 3.8) is 0 Å². The first kappa shape index (κ1) is 6.76. The normalized spacial score (nSPS) is 8.90. The molecular formula is C8H6FN. The summed E-state index contributed by atoms with van der Waals surface area (Å²) in [6.45, 7) is 1.71. The molecule has 1 rings (SSSR count). The summed E-state index contributed by atoms with van der Waals surface area (Å²) in [5, 5.41) is 0. The van der Waals surface area contributed by atoms with E-state index in [2.05, 4.69) is 10.9 Å². The lowest BCUT2D eigenvalue weighted by atomic mass is 10.2. The summed E-state index contributed by atoms with van der Waals surface area (Å²) >= 11 is 0. The average molecular weight is 135 g/mol. The molecule has 0 aliphatic heterocycles. The van der Waals surface area contributed by atoms with Crippen molar-refractivity contribution in [2.45, 2.75) is 6.92 Å². The Morgan fingerprint density at radius 2 is 2.30 bits per heavy atom. The maximum Gasteiger partial charge on any atom is 0.228 e. The van der Waals surface area contributed by atoms with E-state index >= 15 is 0 Å². The molecule has 0 aliphatic carbocycles. The molecule has 1 aromatic rings. The lowest BCUT2D eigenvalue weighted by Gasteiger charge is -1.93. The van der Waals surface area contributed by atoms with Crippen molar-refractivity contribution in [3.05, 3.63) is 29.3 Å². The minimum absolute atomic E-state index is 0.214.